The van der Waals surface area contributed by atoms with Crippen molar-refractivity contribution in [2.45, 2.75) is 13.0 Å². The van der Waals surface area contributed by atoms with E-state index in [-0.39, 0.29) is 0 Å². The van der Waals surface area contributed by atoms with E-state index >= 15 is 0 Å². The van der Waals surface area contributed by atoms with Crippen molar-refractivity contribution in [1.82, 2.24) is 0 Å². The quantitative estimate of drug-likeness (QED) is 0.937. The van der Waals surface area contributed by atoms with Gasteiger partial charge in [0.2, 0.25) is 0 Å². The first-order chi connectivity index (χ1) is 10.2. The lowest BCUT2D eigenvalue weighted by molar-refractivity contribution is 0.0697. The number of aromatic carboxylic acids is 1. The van der Waals surface area contributed by atoms with Gasteiger partial charge in [0.15, 0.2) is 0 Å². The summed E-state index contributed by atoms with van der Waals surface area (Å²) in [5.74, 6) is -0.0157. The van der Waals surface area contributed by atoms with E-state index in [0.717, 1.165) is 36.5 Å². The predicted molar refractivity (Wildman–Crippen MR) is 81.1 cm³/mol. The number of anilines is 1. The van der Waals surface area contributed by atoms with Gasteiger partial charge in [-0.1, -0.05) is 12.1 Å². The number of carboxylic acids is 1. The molecule has 0 aliphatic carbocycles. The summed E-state index contributed by atoms with van der Waals surface area (Å²) < 4.78 is 5.16. The second-order valence-electron chi connectivity index (χ2n) is 5.17. The Morgan fingerprint density at radius 3 is 2.67 bits per heavy atom. The average molecular weight is 283 g/mol. The van der Waals surface area contributed by atoms with E-state index in [1.807, 2.05) is 18.2 Å². The van der Waals surface area contributed by atoms with Crippen molar-refractivity contribution in [2.75, 3.05) is 18.6 Å². The third-order valence-electron chi connectivity index (χ3n) is 3.85. The first-order valence-corrected chi connectivity index (χ1v) is 6.91. The van der Waals surface area contributed by atoms with Crippen LogP contribution in [-0.2, 0) is 13.0 Å². The van der Waals surface area contributed by atoms with Crippen LogP contribution in [0.3, 0.4) is 0 Å². The Hall–Kier alpha value is -2.49. The van der Waals surface area contributed by atoms with Crippen molar-refractivity contribution in [3.05, 3.63) is 59.2 Å². The molecule has 108 valence electrons. The van der Waals surface area contributed by atoms with Crippen LogP contribution in [0.4, 0.5) is 5.69 Å². The Bertz CT molecular complexity index is 664. The summed E-state index contributed by atoms with van der Waals surface area (Å²) >= 11 is 0. The summed E-state index contributed by atoms with van der Waals surface area (Å²) in [6, 6.07) is 13.4. The maximum absolute atomic E-state index is 11.0. The van der Waals surface area contributed by atoms with Gasteiger partial charge in [-0.15, -0.1) is 0 Å². The molecule has 0 unspecified atom stereocenters. The highest BCUT2D eigenvalue weighted by molar-refractivity contribution is 5.88. The number of rotatable bonds is 4. The molecule has 1 N–H and O–H groups in total. The van der Waals surface area contributed by atoms with E-state index in [9.17, 15) is 4.79 Å². The highest BCUT2D eigenvalue weighted by atomic mass is 16.5. The average Bonchev–Trinajstić information content (AvgIpc) is 2.90. The van der Waals surface area contributed by atoms with Crippen LogP contribution in [0, 0.1) is 0 Å². The maximum atomic E-state index is 11.0. The van der Waals surface area contributed by atoms with E-state index in [4.69, 9.17) is 9.84 Å². The summed E-state index contributed by atoms with van der Waals surface area (Å²) in [6.07, 6.45) is 0.895. The molecule has 4 heteroatoms. The van der Waals surface area contributed by atoms with Crippen LogP contribution in [0.15, 0.2) is 42.5 Å². The van der Waals surface area contributed by atoms with Crippen LogP contribution in [0.1, 0.15) is 21.5 Å². The van der Waals surface area contributed by atoms with Crippen LogP contribution >= 0.6 is 0 Å². The van der Waals surface area contributed by atoms with Crippen LogP contribution in [0.25, 0.3) is 0 Å². The number of benzene rings is 2. The molecule has 4 nitrogen and oxygen atoms in total. The van der Waals surface area contributed by atoms with Gasteiger partial charge >= 0.3 is 5.97 Å². The van der Waals surface area contributed by atoms with Crippen molar-refractivity contribution < 1.29 is 14.6 Å². The van der Waals surface area contributed by atoms with Crippen LogP contribution in [0.2, 0.25) is 0 Å². The second-order valence-corrected chi connectivity index (χ2v) is 5.17. The van der Waals surface area contributed by atoms with E-state index in [0.29, 0.717) is 5.56 Å². The summed E-state index contributed by atoms with van der Waals surface area (Å²) in [7, 11) is 1.66. The number of carboxylic acid groups (broad SMARTS) is 1. The van der Waals surface area contributed by atoms with Gasteiger partial charge in [0.25, 0.3) is 0 Å². The fraction of sp³-hybridized carbons (Fsp3) is 0.235. The molecule has 0 radical (unpaired) electrons. The largest absolute Gasteiger partial charge is 0.497 e. The molecule has 0 amide bonds. The van der Waals surface area contributed by atoms with E-state index < -0.39 is 5.97 Å². The molecule has 0 atom stereocenters. The van der Waals surface area contributed by atoms with E-state index in [2.05, 4.69) is 17.0 Å². The van der Waals surface area contributed by atoms with Crippen molar-refractivity contribution in [3.63, 3.8) is 0 Å². The topological polar surface area (TPSA) is 49.8 Å². The number of methoxy groups -OCH3 is 1. The second kappa shape index (κ2) is 5.48. The van der Waals surface area contributed by atoms with Gasteiger partial charge < -0.3 is 14.7 Å². The number of fused-ring (bicyclic) bond motifs is 1. The summed E-state index contributed by atoms with van der Waals surface area (Å²) in [5.41, 5.74) is 3.82. The van der Waals surface area contributed by atoms with Crippen molar-refractivity contribution in [3.8, 4) is 5.75 Å². The van der Waals surface area contributed by atoms with Crippen molar-refractivity contribution in [2.24, 2.45) is 0 Å². The molecule has 21 heavy (non-hydrogen) atoms. The molecule has 0 bridgehead atoms. The standard InChI is InChI=1S/C17H17NO3/c1-21-15-5-2-12(3-6-15)11-18-9-8-13-10-14(17(19)20)4-7-16(13)18/h2-7,10H,8-9,11H2,1H3,(H,19,20). The van der Waals surface area contributed by atoms with Crippen LogP contribution in [-0.4, -0.2) is 24.7 Å². The molecule has 2 aromatic carbocycles. The van der Waals surface area contributed by atoms with Crippen molar-refractivity contribution in [1.29, 1.82) is 0 Å². The zero-order chi connectivity index (χ0) is 14.8. The van der Waals surface area contributed by atoms with Crippen molar-refractivity contribution >= 4 is 11.7 Å². The van der Waals surface area contributed by atoms with Gasteiger partial charge in [-0.2, -0.15) is 0 Å². The zero-order valence-corrected chi connectivity index (χ0v) is 11.9. The van der Waals surface area contributed by atoms with Gasteiger partial charge in [-0.25, -0.2) is 4.79 Å². The number of carbonyl (C=O) groups is 1. The lowest BCUT2D eigenvalue weighted by atomic mass is 10.1. The Labute approximate surface area is 123 Å². The van der Waals surface area contributed by atoms with Crippen LogP contribution in [0.5, 0.6) is 5.75 Å². The lowest BCUT2D eigenvalue weighted by Crippen LogP contribution is -2.19. The van der Waals surface area contributed by atoms with E-state index in [1.54, 1.807) is 19.2 Å². The fourth-order valence-corrected chi connectivity index (χ4v) is 2.72. The smallest absolute Gasteiger partial charge is 0.335 e. The Morgan fingerprint density at radius 1 is 1.24 bits per heavy atom. The molecule has 1 aliphatic rings. The molecule has 0 fully saturated rings. The highest BCUT2D eigenvalue weighted by Gasteiger charge is 2.20. The minimum absolute atomic E-state index is 0.361. The summed E-state index contributed by atoms with van der Waals surface area (Å²) in [4.78, 5) is 13.3. The predicted octanol–water partition coefficient (Wildman–Crippen LogP) is 2.96. The van der Waals surface area contributed by atoms with Crippen LogP contribution < -0.4 is 9.64 Å². The third-order valence-corrected chi connectivity index (χ3v) is 3.85. The van der Waals surface area contributed by atoms with Gasteiger partial charge in [0, 0.05) is 18.8 Å². The Morgan fingerprint density at radius 2 is 2.00 bits per heavy atom. The number of hydrogen-bond acceptors (Lipinski definition) is 3. The molecule has 1 heterocycles. The van der Waals surface area contributed by atoms with Gasteiger partial charge in [-0.05, 0) is 47.9 Å². The molecule has 0 aromatic heterocycles. The highest BCUT2D eigenvalue weighted by Crippen LogP contribution is 2.30. The molecule has 0 saturated heterocycles. The van der Waals surface area contributed by atoms with Gasteiger partial charge in [0.1, 0.15) is 5.75 Å². The summed E-state index contributed by atoms with van der Waals surface area (Å²) in [5, 5.41) is 9.04. The lowest BCUT2D eigenvalue weighted by Gasteiger charge is -2.19. The molecule has 2 aromatic rings. The molecular weight excluding hydrogens is 266 g/mol. The first-order valence-electron chi connectivity index (χ1n) is 6.91. The number of hydrogen-bond donors (Lipinski definition) is 1. The number of ether oxygens (including phenoxy) is 1. The normalized spacial score (nSPS) is 13.1. The molecular formula is C17H17NO3. The minimum Gasteiger partial charge on any atom is -0.497 e. The summed E-state index contributed by atoms with van der Waals surface area (Å²) in [6.45, 7) is 1.74. The number of nitrogens with zero attached hydrogens (tertiary/aromatic N) is 1. The monoisotopic (exact) mass is 283 g/mol. The zero-order valence-electron chi connectivity index (χ0n) is 11.9. The molecule has 3 rings (SSSR count). The van der Waals surface area contributed by atoms with Gasteiger partial charge in [-0.3, -0.25) is 0 Å². The van der Waals surface area contributed by atoms with Gasteiger partial charge in [0.05, 0.1) is 12.7 Å². The third kappa shape index (κ3) is 2.70. The molecule has 0 spiro atoms. The fourth-order valence-electron chi connectivity index (χ4n) is 2.72. The SMILES string of the molecule is COc1ccc(CN2CCc3cc(C(=O)O)ccc32)cc1. The minimum atomic E-state index is -0.869. The Kier molecular flexibility index (Phi) is 3.52. The van der Waals surface area contributed by atoms with E-state index in [1.165, 1.54) is 5.56 Å². The molecule has 1 aliphatic heterocycles. The Balaban J connectivity index is 1.79. The molecule has 0 saturated carbocycles. The maximum Gasteiger partial charge on any atom is 0.335 e. The first kappa shape index (κ1) is 13.5.